The molecule has 1 aromatic rings. The van der Waals surface area contributed by atoms with E-state index in [1.807, 2.05) is 14.0 Å². The molecular weight excluding hydrogens is 238 g/mol. The van der Waals surface area contributed by atoms with E-state index < -0.39 is 10.0 Å². The van der Waals surface area contributed by atoms with Gasteiger partial charge in [-0.05, 0) is 39.3 Å². The topological polar surface area (TPSA) is 74.0 Å². The van der Waals surface area contributed by atoms with Gasteiger partial charge in [0, 0.05) is 24.0 Å². The maximum absolute atomic E-state index is 12.1. The summed E-state index contributed by atoms with van der Waals surface area (Å²) in [4.78, 5) is 3.27. The predicted molar refractivity (Wildman–Crippen MR) is 66.1 cm³/mol. The van der Waals surface area contributed by atoms with E-state index in [0.717, 1.165) is 25.0 Å². The zero-order valence-corrected chi connectivity index (χ0v) is 11.0. The van der Waals surface area contributed by atoms with Gasteiger partial charge in [-0.2, -0.15) is 0 Å². The normalized spacial score (nSPS) is 18.9. The molecule has 0 radical (unpaired) electrons. The van der Waals surface area contributed by atoms with Crippen LogP contribution in [0.25, 0.3) is 0 Å². The van der Waals surface area contributed by atoms with Gasteiger partial charge in [-0.1, -0.05) is 0 Å². The summed E-state index contributed by atoms with van der Waals surface area (Å²) >= 11 is 0. The SMILES string of the molecule is CNCc1cc(S(=O)(=O)NC2(C)CCC2)c[nH]1. The number of hydrogen-bond acceptors (Lipinski definition) is 3. The monoisotopic (exact) mass is 257 g/mol. The van der Waals surface area contributed by atoms with Gasteiger partial charge in [0.05, 0.1) is 4.90 Å². The van der Waals surface area contributed by atoms with Crippen LogP contribution >= 0.6 is 0 Å². The molecule has 0 amide bonds. The number of aromatic nitrogens is 1. The average molecular weight is 257 g/mol. The summed E-state index contributed by atoms with van der Waals surface area (Å²) in [5.41, 5.74) is 0.617. The van der Waals surface area contributed by atoms with Crippen LogP contribution in [0, 0.1) is 0 Å². The smallest absolute Gasteiger partial charge is 0.242 e. The van der Waals surface area contributed by atoms with Crippen LogP contribution in [0.15, 0.2) is 17.2 Å². The molecular formula is C11H19N3O2S. The van der Waals surface area contributed by atoms with Crippen molar-refractivity contribution in [2.24, 2.45) is 0 Å². The van der Waals surface area contributed by atoms with Crippen LogP contribution in [0.4, 0.5) is 0 Å². The summed E-state index contributed by atoms with van der Waals surface area (Å²) in [6.07, 6.45) is 4.47. The molecule has 1 aliphatic carbocycles. The molecule has 0 saturated heterocycles. The first-order chi connectivity index (χ1) is 7.95. The van der Waals surface area contributed by atoms with Crippen LogP contribution in [0.5, 0.6) is 0 Å². The molecule has 5 nitrogen and oxygen atoms in total. The summed E-state index contributed by atoms with van der Waals surface area (Å²) in [7, 11) is -1.56. The van der Waals surface area contributed by atoms with Crippen molar-refractivity contribution in [2.75, 3.05) is 7.05 Å². The first-order valence-electron chi connectivity index (χ1n) is 5.81. The molecule has 1 heterocycles. The Hall–Kier alpha value is -0.850. The van der Waals surface area contributed by atoms with Crippen molar-refractivity contribution < 1.29 is 8.42 Å². The van der Waals surface area contributed by atoms with Crippen molar-refractivity contribution in [1.82, 2.24) is 15.0 Å². The van der Waals surface area contributed by atoms with Crippen LogP contribution in [0.3, 0.4) is 0 Å². The highest BCUT2D eigenvalue weighted by atomic mass is 32.2. The van der Waals surface area contributed by atoms with E-state index in [-0.39, 0.29) is 5.54 Å². The summed E-state index contributed by atoms with van der Waals surface area (Å²) < 4.78 is 27.0. The summed E-state index contributed by atoms with van der Waals surface area (Å²) in [6, 6.07) is 1.67. The fraction of sp³-hybridized carbons (Fsp3) is 0.636. The van der Waals surface area contributed by atoms with Gasteiger partial charge in [0.25, 0.3) is 0 Å². The Kier molecular flexibility index (Phi) is 3.29. The average Bonchev–Trinajstić information content (AvgIpc) is 2.65. The van der Waals surface area contributed by atoms with Gasteiger partial charge in [0.2, 0.25) is 10.0 Å². The maximum atomic E-state index is 12.1. The van der Waals surface area contributed by atoms with Gasteiger partial charge in [-0.25, -0.2) is 13.1 Å². The number of rotatable bonds is 5. The molecule has 17 heavy (non-hydrogen) atoms. The summed E-state index contributed by atoms with van der Waals surface area (Å²) in [5, 5.41) is 2.97. The Morgan fingerprint density at radius 2 is 2.18 bits per heavy atom. The van der Waals surface area contributed by atoms with Crippen LogP contribution < -0.4 is 10.0 Å². The molecule has 2 rings (SSSR count). The molecule has 0 spiro atoms. The third-order valence-electron chi connectivity index (χ3n) is 3.23. The van der Waals surface area contributed by atoms with Crippen molar-refractivity contribution >= 4 is 10.0 Å². The van der Waals surface area contributed by atoms with E-state index >= 15 is 0 Å². The van der Waals surface area contributed by atoms with Gasteiger partial charge < -0.3 is 10.3 Å². The van der Waals surface area contributed by atoms with Gasteiger partial charge in [0.1, 0.15) is 0 Å². The van der Waals surface area contributed by atoms with E-state index in [0.29, 0.717) is 11.4 Å². The number of aromatic amines is 1. The lowest BCUT2D eigenvalue weighted by molar-refractivity contribution is 0.248. The molecule has 1 aliphatic rings. The van der Waals surface area contributed by atoms with Gasteiger partial charge in [0.15, 0.2) is 0 Å². The van der Waals surface area contributed by atoms with Gasteiger partial charge in [-0.15, -0.1) is 0 Å². The Morgan fingerprint density at radius 1 is 1.47 bits per heavy atom. The highest BCUT2D eigenvalue weighted by Crippen LogP contribution is 2.32. The molecule has 0 aliphatic heterocycles. The Balaban J connectivity index is 2.13. The standard InChI is InChI=1S/C11H19N3O2S/c1-11(4-3-5-11)14-17(15,16)10-6-9(7-12-2)13-8-10/h6,8,12-14H,3-5,7H2,1-2H3. The van der Waals surface area contributed by atoms with E-state index in [1.165, 1.54) is 6.20 Å². The van der Waals surface area contributed by atoms with E-state index in [2.05, 4.69) is 15.0 Å². The Labute approximate surface area is 102 Å². The van der Waals surface area contributed by atoms with Crippen molar-refractivity contribution in [3.05, 3.63) is 18.0 Å². The largest absolute Gasteiger partial charge is 0.363 e. The highest BCUT2D eigenvalue weighted by molar-refractivity contribution is 7.89. The minimum absolute atomic E-state index is 0.251. The molecule has 0 aromatic carbocycles. The molecule has 1 aromatic heterocycles. The highest BCUT2D eigenvalue weighted by Gasteiger charge is 2.36. The first-order valence-corrected chi connectivity index (χ1v) is 7.29. The Bertz CT molecular complexity index is 489. The molecule has 0 atom stereocenters. The molecule has 1 fully saturated rings. The zero-order valence-electron chi connectivity index (χ0n) is 10.2. The molecule has 1 saturated carbocycles. The van der Waals surface area contributed by atoms with Crippen LogP contribution in [-0.4, -0.2) is 26.0 Å². The molecule has 96 valence electrons. The number of hydrogen-bond donors (Lipinski definition) is 3. The fourth-order valence-corrected chi connectivity index (χ4v) is 3.54. The number of sulfonamides is 1. The quantitative estimate of drug-likeness (QED) is 0.735. The molecule has 0 unspecified atom stereocenters. The summed E-state index contributed by atoms with van der Waals surface area (Å²) in [6.45, 7) is 2.59. The third-order valence-corrected chi connectivity index (χ3v) is 4.85. The Morgan fingerprint density at radius 3 is 2.71 bits per heavy atom. The van der Waals surface area contributed by atoms with Crippen LogP contribution in [0.2, 0.25) is 0 Å². The van der Waals surface area contributed by atoms with Gasteiger partial charge >= 0.3 is 0 Å². The third kappa shape index (κ3) is 2.70. The molecule has 3 N–H and O–H groups in total. The van der Waals surface area contributed by atoms with Crippen molar-refractivity contribution in [3.63, 3.8) is 0 Å². The lowest BCUT2D eigenvalue weighted by Crippen LogP contribution is -2.50. The summed E-state index contributed by atoms with van der Waals surface area (Å²) in [5.74, 6) is 0. The van der Waals surface area contributed by atoms with Crippen LogP contribution in [0.1, 0.15) is 31.9 Å². The lowest BCUT2D eigenvalue weighted by Gasteiger charge is -2.38. The first kappa shape index (κ1) is 12.6. The van der Waals surface area contributed by atoms with Gasteiger partial charge in [-0.3, -0.25) is 0 Å². The maximum Gasteiger partial charge on any atom is 0.242 e. The van der Waals surface area contributed by atoms with E-state index in [1.54, 1.807) is 6.07 Å². The number of H-pyrrole nitrogens is 1. The van der Waals surface area contributed by atoms with E-state index in [4.69, 9.17) is 0 Å². The fourth-order valence-electron chi connectivity index (χ4n) is 2.06. The predicted octanol–water partition coefficient (Wildman–Crippen LogP) is 0.955. The second kappa shape index (κ2) is 4.44. The zero-order chi connectivity index (χ0) is 12.5. The van der Waals surface area contributed by atoms with Crippen molar-refractivity contribution in [1.29, 1.82) is 0 Å². The minimum Gasteiger partial charge on any atom is -0.363 e. The molecule has 6 heteroatoms. The van der Waals surface area contributed by atoms with Crippen LogP contribution in [-0.2, 0) is 16.6 Å². The lowest BCUT2D eigenvalue weighted by atomic mass is 9.80. The minimum atomic E-state index is -3.39. The van der Waals surface area contributed by atoms with Crippen molar-refractivity contribution in [3.8, 4) is 0 Å². The van der Waals surface area contributed by atoms with Crippen molar-refractivity contribution in [2.45, 2.75) is 43.2 Å². The second-order valence-corrected chi connectivity index (χ2v) is 6.59. The number of nitrogens with one attached hydrogen (secondary N) is 3. The molecule has 0 bridgehead atoms. The second-order valence-electron chi connectivity index (χ2n) is 4.91. The van der Waals surface area contributed by atoms with E-state index in [9.17, 15) is 8.42 Å².